The van der Waals surface area contributed by atoms with Crippen LogP contribution >= 0.6 is 23.2 Å². The van der Waals surface area contributed by atoms with E-state index < -0.39 is 33.9 Å². The quantitative estimate of drug-likeness (QED) is 0.266. The third-order valence-electron chi connectivity index (χ3n) is 6.85. The number of unbranched alkanes of at least 4 members (excludes halogenated alkanes) is 1. The van der Waals surface area contributed by atoms with E-state index in [9.17, 15) is 27.9 Å². The molecule has 0 spiro atoms. The molecule has 4 N–H and O–H groups in total. The van der Waals surface area contributed by atoms with Crippen molar-refractivity contribution in [1.82, 2.24) is 19.9 Å². The van der Waals surface area contributed by atoms with Crippen molar-refractivity contribution in [2.45, 2.75) is 49.5 Å². The van der Waals surface area contributed by atoms with E-state index in [2.05, 4.69) is 27.0 Å². The van der Waals surface area contributed by atoms with Gasteiger partial charge in [0.1, 0.15) is 11.9 Å². The molecule has 40 heavy (non-hydrogen) atoms. The lowest BCUT2D eigenvalue weighted by Gasteiger charge is -2.37. The van der Waals surface area contributed by atoms with Crippen molar-refractivity contribution in [2.75, 3.05) is 31.5 Å². The summed E-state index contributed by atoms with van der Waals surface area (Å²) in [4.78, 5) is 41.0. The maximum absolute atomic E-state index is 12.8. The topological polar surface area (TPSA) is 158 Å². The molecule has 11 nitrogen and oxygen atoms in total. The van der Waals surface area contributed by atoms with Crippen molar-refractivity contribution in [2.24, 2.45) is 5.92 Å². The number of benzene rings is 1. The Morgan fingerprint density at radius 3 is 2.55 bits per heavy atom. The van der Waals surface area contributed by atoms with Crippen LogP contribution in [0.25, 0.3) is 0 Å². The molecule has 4 rings (SSSR count). The number of hydrogen-bond acceptors (Lipinski definition) is 7. The number of hydrogen-bond donors (Lipinski definition) is 4. The van der Waals surface area contributed by atoms with Gasteiger partial charge in [0.05, 0.1) is 10.8 Å². The normalized spacial score (nSPS) is 16.2. The monoisotopic (exact) mass is 611 g/mol. The van der Waals surface area contributed by atoms with Crippen LogP contribution in [0.5, 0.6) is 0 Å². The predicted molar refractivity (Wildman–Crippen MR) is 150 cm³/mol. The molecule has 2 amide bonds. The van der Waals surface area contributed by atoms with Crippen LogP contribution in [-0.2, 0) is 37.2 Å². The van der Waals surface area contributed by atoms with Gasteiger partial charge in [-0.2, -0.15) is 4.31 Å². The van der Waals surface area contributed by atoms with Crippen molar-refractivity contribution in [1.29, 1.82) is 0 Å². The summed E-state index contributed by atoms with van der Waals surface area (Å²) >= 11 is 11.8. The van der Waals surface area contributed by atoms with Gasteiger partial charge in [-0.1, -0.05) is 29.3 Å². The van der Waals surface area contributed by atoms with E-state index in [-0.39, 0.29) is 46.9 Å². The van der Waals surface area contributed by atoms with E-state index in [1.807, 2.05) is 6.07 Å². The lowest BCUT2D eigenvalue weighted by molar-refractivity contribution is -0.143. The molecular formula is C26H31Cl2N5O6S. The van der Waals surface area contributed by atoms with Crippen molar-refractivity contribution in [3.8, 4) is 0 Å². The molecule has 1 fully saturated rings. The number of rotatable bonds is 12. The molecule has 0 radical (unpaired) electrons. The number of aromatic nitrogens is 1. The van der Waals surface area contributed by atoms with Gasteiger partial charge in [-0.15, -0.1) is 0 Å². The molecule has 2 aromatic rings. The number of nitrogens with one attached hydrogen (secondary N) is 3. The Hall–Kier alpha value is -2.93. The van der Waals surface area contributed by atoms with E-state index in [1.54, 1.807) is 0 Å². The minimum absolute atomic E-state index is 0.0917. The highest BCUT2D eigenvalue weighted by Crippen LogP contribution is 2.29. The van der Waals surface area contributed by atoms with Gasteiger partial charge < -0.3 is 21.1 Å². The SMILES string of the molecule is O=C(CCCCc1ccc2c(n1)NCCC2)NCC(NC(=O)C1CN(S(=O)(=O)c2cc(Cl)cc(Cl)c2)C1)C(=O)O. The first-order chi connectivity index (χ1) is 19.0. The Morgan fingerprint density at radius 1 is 1.12 bits per heavy atom. The fraction of sp³-hybridized carbons (Fsp3) is 0.462. The first kappa shape index (κ1) is 30.0. The second-order valence-electron chi connectivity index (χ2n) is 9.88. The van der Waals surface area contributed by atoms with E-state index in [0.29, 0.717) is 6.42 Å². The average molecular weight is 613 g/mol. The molecule has 1 atom stereocenters. The summed E-state index contributed by atoms with van der Waals surface area (Å²) < 4.78 is 26.6. The van der Waals surface area contributed by atoms with E-state index in [1.165, 1.54) is 23.8 Å². The van der Waals surface area contributed by atoms with Crippen molar-refractivity contribution in [3.63, 3.8) is 0 Å². The summed E-state index contributed by atoms with van der Waals surface area (Å²) in [5.74, 6) is -2.02. The van der Waals surface area contributed by atoms with Gasteiger partial charge in [-0.3, -0.25) is 9.59 Å². The van der Waals surface area contributed by atoms with Gasteiger partial charge in [-0.25, -0.2) is 18.2 Å². The van der Waals surface area contributed by atoms with Crippen LogP contribution in [-0.4, -0.2) is 72.8 Å². The fourth-order valence-electron chi connectivity index (χ4n) is 4.52. The van der Waals surface area contributed by atoms with Gasteiger partial charge in [0.2, 0.25) is 21.8 Å². The highest BCUT2D eigenvalue weighted by atomic mass is 35.5. The van der Waals surface area contributed by atoms with Crippen molar-refractivity contribution < 1.29 is 27.9 Å². The molecule has 1 saturated heterocycles. The summed E-state index contributed by atoms with van der Waals surface area (Å²) in [5, 5.41) is 18.1. The Morgan fingerprint density at radius 2 is 1.85 bits per heavy atom. The maximum atomic E-state index is 12.8. The summed E-state index contributed by atoms with van der Waals surface area (Å²) in [6.07, 6.45) is 4.42. The highest BCUT2D eigenvalue weighted by molar-refractivity contribution is 7.89. The number of aliphatic carboxylic acids is 1. The molecule has 216 valence electrons. The van der Waals surface area contributed by atoms with Crippen LogP contribution < -0.4 is 16.0 Å². The van der Waals surface area contributed by atoms with Crippen LogP contribution in [0.3, 0.4) is 0 Å². The molecule has 2 aliphatic rings. The number of aryl methyl sites for hydroxylation is 2. The molecular weight excluding hydrogens is 581 g/mol. The Bertz CT molecular complexity index is 1360. The van der Waals surface area contributed by atoms with Gasteiger partial charge in [0.15, 0.2) is 0 Å². The summed E-state index contributed by atoms with van der Waals surface area (Å²) in [7, 11) is -3.91. The van der Waals surface area contributed by atoms with Crippen LogP contribution in [0.15, 0.2) is 35.2 Å². The summed E-state index contributed by atoms with van der Waals surface area (Å²) in [5.41, 5.74) is 2.18. The predicted octanol–water partition coefficient (Wildman–Crippen LogP) is 2.47. The molecule has 0 aliphatic carbocycles. The Kier molecular flexibility index (Phi) is 9.88. The molecule has 1 aromatic heterocycles. The Labute approximate surface area is 242 Å². The number of carboxylic acids is 1. The number of carbonyl (C=O) groups is 3. The van der Waals surface area contributed by atoms with Crippen molar-refractivity contribution >= 4 is 56.8 Å². The van der Waals surface area contributed by atoms with Gasteiger partial charge in [0.25, 0.3) is 0 Å². The van der Waals surface area contributed by atoms with E-state index in [4.69, 9.17) is 23.2 Å². The second-order valence-corrected chi connectivity index (χ2v) is 12.7. The number of nitrogens with zero attached hydrogens (tertiary/aromatic N) is 2. The van der Waals surface area contributed by atoms with E-state index in [0.717, 1.165) is 48.0 Å². The number of halogens is 2. The number of anilines is 1. The fourth-order valence-corrected chi connectivity index (χ4v) is 6.78. The molecule has 0 saturated carbocycles. The van der Waals surface area contributed by atoms with Gasteiger partial charge in [-0.05, 0) is 61.9 Å². The molecule has 3 heterocycles. The number of pyridine rings is 1. The maximum Gasteiger partial charge on any atom is 0.328 e. The van der Waals surface area contributed by atoms with Crippen LogP contribution in [0.4, 0.5) is 5.82 Å². The molecule has 1 aromatic carbocycles. The van der Waals surface area contributed by atoms with E-state index >= 15 is 0 Å². The molecule has 14 heteroatoms. The number of carboxylic acid groups (broad SMARTS) is 1. The van der Waals surface area contributed by atoms with Crippen LogP contribution in [0.1, 0.15) is 36.9 Å². The van der Waals surface area contributed by atoms with Crippen LogP contribution in [0, 0.1) is 5.92 Å². The minimum atomic E-state index is -3.91. The largest absolute Gasteiger partial charge is 0.480 e. The lowest BCUT2D eigenvalue weighted by atomic mass is 10.0. The minimum Gasteiger partial charge on any atom is -0.480 e. The van der Waals surface area contributed by atoms with Gasteiger partial charge >= 0.3 is 5.97 Å². The third-order valence-corrected chi connectivity index (χ3v) is 9.10. The molecule has 2 aliphatic heterocycles. The third kappa shape index (κ3) is 7.62. The summed E-state index contributed by atoms with van der Waals surface area (Å²) in [6, 6.07) is 6.69. The highest BCUT2D eigenvalue weighted by Gasteiger charge is 2.41. The zero-order valence-corrected chi connectivity index (χ0v) is 24.0. The summed E-state index contributed by atoms with van der Waals surface area (Å²) in [6.45, 7) is 0.397. The molecule has 1 unspecified atom stereocenters. The lowest BCUT2D eigenvalue weighted by Crippen LogP contribution is -2.58. The van der Waals surface area contributed by atoms with Gasteiger partial charge in [0, 0.05) is 48.3 Å². The number of carbonyl (C=O) groups excluding carboxylic acids is 2. The first-order valence-electron chi connectivity index (χ1n) is 13.0. The standard InChI is InChI=1S/C26H31Cl2N5O6S/c27-18-10-19(28)12-21(11-18)40(38,39)33-14-17(15-33)25(35)32-22(26(36)37)13-30-23(34)6-2-1-5-20-8-7-16-4-3-9-29-24(16)31-20/h7-8,10-12,17,22H,1-6,9,13-15H2,(H,29,31)(H,30,34)(H,32,35)(H,36,37). The number of sulfonamides is 1. The van der Waals surface area contributed by atoms with Crippen LogP contribution in [0.2, 0.25) is 10.0 Å². The smallest absolute Gasteiger partial charge is 0.328 e. The first-order valence-corrected chi connectivity index (χ1v) is 15.2. The number of fused-ring (bicyclic) bond motifs is 1. The second kappa shape index (κ2) is 13.2. The zero-order valence-electron chi connectivity index (χ0n) is 21.7. The van der Waals surface area contributed by atoms with Crippen molar-refractivity contribution in [3.05, 3.63) is 51.6 Å². The zero-order chi connectivity index (χ0) is 28.9. The average Bonchev–Trinajstić information content (AvgIpc) is 2.87. The molecule has 0 bridgehead atoms. The Balaban J connectivity index is 1.17. The number of amides is 2.